The molecular formula is C16H14BrNOS. The molecule has 4 heteroatoms. The Balaban J connectivity index is 0.00000121. The second-order valence-corrected chi connectivity index (χ2v) is 6.03. The van der Waals surface area contributed by atoms with E-state index >= 15 is 0 Å². The van der Waals surface area contributed by atoms with Crippen LogP contribution in [0.4, 0.5) is 0 Å². The van der Waals surface area contributed by atoms with Gasteiger partial charge in [0.05, 0.1) is 4.88 Å². The van der Waals surface area contributed by atoms with Crippen molar-refractivity contribution in [3.05, 3.63) is 58.1 Å². The van der Waals surface area contributed by atoms with Gasteiger partial charge in [0.25, 0.3) is 0 Å². The Bertz CT molecular complexity index is 690. The van der Waals surface area contributed by atoms with Crippen LogP contribution >= 0.6 is 11.3 Å². The summed E-state index contributed by atoms with van der Waals surface area (Å²) in [5, 5.41) is 0. The number of Topliss-reactive ketones (excluding diaryl/α,β-unsaturated/α-hetero) is 1. The van der Waals surface area contributed by atoms with Crippen molar-refractivity contribution in [1.29, 1.82) is 0 Å². The van der Waals surface area contributed by atoms with Crippen LogP contribution in [0.25, 0.3) is 5.57 Å². The molecule has 1 heterocycles. The summed E-state index contributed by atoms with van der Waals surface area (Å²) >= 11 is 1.80. The van der Waals surface area contributed by atoms with Crippen molar-refractivity contribution in [2.45, 2.75) is 25.3 Å². The molecule has 20 heavy (non-hydrogen) atoms. The average molecular weight is 348 g/mol. The van der Waals surface area contributed by atoms with Gasteiger partial charge in [-0.25, -0.2) is 0 Å². The van der Waals surface area contributed by atoms with Crippen LogP contribution in [0.5, 0.6) is 0 Å². The van der Waals surface area contributed by atoms with Gasteiger partial charge in [-0.3, -0.25) is 4.79 Å². The molecule has 0 amide bonds. The molecule has 1 aromatic heterocycles. The number of aromatic nitrogens is 1. The summed E-state index contributed by atoms with van der Waals surface area (Å²) < 4.78 is 2.13. The van der Waals surface area contributed by atoms with E-state index < -0.39 is 0 Å². The van der Waals surface area contributed by atoms with Gasteiger partial charge in [0.15, 0.2) is 0 Å². The van der Waals surface area contributed by atoms with Gasteiger partial charge in [-0.2, -0.15) is 4.57 Å². The fourth-order valence-corrected chi connectivity index (χ4v) is 4.25. The fraction of sp³-hybridized carbons (Fsp3) is 0.250. The average Bonchev–Trinajstić information content (AvgIpc) is 2.98. The predicted octanol–water partition coefficient (Wildman–Crippen LogP) is 0.197. The summed E-state index contributed by atoms with van der Waals surface area (Å²) in [5.74, 6) is 0.862. The SMILES string of the molecule is O=C(C[n+]1csc2c1C1=CCCC12)c1ccccc1.[Br-]. The molecule has 102 valence electrons. The standard InChI is InChI=1S/C16H14NOS.BrH/c18-14(11-5-2-1-3-6-11)9-17-10-19-16-13-8-4-7-12(13)15(16)17;/h1-3,5-7,10,13H,4,8-9H2;1H/q+1;/p-1. The first kappa shape index (κ1) is 13.7. The third-order valence-corrected chi connectivity index (χ3v) is 5.11. The smallest absolute Gasteiger partial charge is 0.227 e. The lowest BCUT2D eigenvalue weighted by molar-refractivity contribution is -0.682. The number of benzene rings is 1. The van der Waals surface area contributed by atoms with E-state index in [1.54, 1.807) is 11.3 Å². The molecule has 2 aromatic rings. The Kier molecular flexibility index (Phi) is 3.61. The van der Waals surface area contributed by atoms with Gasteiger partial charge < -0.3 is 17.0 Å². The maximum absolute atomic E-state index is 12.3. The molecule has 0 fully saturated rings. The second kappa shape index (κ2) is 5.26. The predicted molar refractivity (Wildman–Crippen MR) is 75.2 cm³/mol. The molecule has 1 aromatic carbocycles. The highest BCUT2D eigenvalue weighted by atomic mass is 79.9. The normalized spacial score (nSPS) is 18.4. The first-order chi connectivity index (χ1) is 9.34. The summed E-state index contributed by atoms with van der Waals surface area (Å²) in [5.41, 5.74) is 5.69. The number of ketones is 1. The molecule has 1 unspecified atom stereocenters. The Morgan fingerprint density at radius 3 is 2.90 bits per heavy atom. The van der Waals surface area contributed by atoms with Crippen molar-refractivity contribution in [2.24, 2.45) is 0 Å². The summed E-state index contributed by atoms with van der Waals surface area (Å²) in [6, 6.07) is 9.55. The van der Waals surface area contributed by atoms with Gasteiger partial charge in [0.2, 0.25) is 23.5 Å². The molecule has 2 aliphatic carbocycles. The van der Waals surface area contributed by atoms with E-state index in [9.17, 15) is 4.79 Å². The molecule has 4 rings (SSSR count). The quantitative estimate of drug-likeness (QED) is 0.573. The first-order valence-corrected chi connectivity index (χ1v) is 7.52. The van der Waals surface area contributed by atoms with Gasteiger partial charge in [0.1, 0.15) is 0 Å². The summed E-state index contributed by atoms with van der Waals surface area (Å²) in [6.45, 7) is 0.458. The molecule has 0 radical (unpaired) electrons. The van der Waals surface area contributed by atoms with Crippen LogP contribution in [0.2, 0.25) is 0 Å². The van der Waals surface area contributed by atoms with Crippen LogP contribution in [0.1, 0.15) is 39.7 Å². The van der Waals surface area contributed by atoms with Crippen molar-refractivity contribution in [3.8, 4) is 0 Å². The molecule has 0 saturated heterocycles. The van der Waals surface area contributed by atoms with Crippen LogP contribution in [0, 0.1) is 0 Å². The number of hydrogen-bond donors (Lipinski definition) is 0. The van der Waals surface area contributed by atoms with E-state index in [-0.39, 0.29) is 22.8 Å². The highest BCUT2D eigenvalue weighted by Crippen LogP contribution is 2.52. The first-order valence-electron chi connectivity index (χ1n) is 6.64. The van der Waals surface area contributed by atoms with E-state index in [4.69, 9.17) is 0 Å². The lowest BCUT2D eigenvalue weighted by Crippen LogP contribution is -3.00. The highest BCUT2D eigenvalue weighted by molar-refractivity contribution is 7.10. The minimum atomic E-state index is 0. The Morgan fingerprint density at radius 1 is 1.30 bits per heavy atom. The van der Waals surface area contributed by atoms with E-state index in [0.29, 0.717) is 12.5 Å². The monoisotopic (exact) mass is 347 g/mol. The topological polar surface area (TPSA) is 20.9 Å². The maximum atomic E-state index is 12.3. The van der Waals surface area contributed by atoms with Crippen molar-refractivity contribution in [3.63, 3.8) is 0 Å². The largest absolute Gasteiger partial charge is 1.00 e. The molecule has 0 N–H and O–H groups in total. The number of hydrogen-bond acceptors (Lipinski definition) is 2. The van der Waals surface area contributed by atoms with Gasteiger partial charge >= 0.3 is 0 Å². The minimum Gasteiger partial charge on any atom is -1.00 e. The minimum absolute atomic E-state index is 0. The molecule has 0 spiro atoms. The van der Waals surface area contributed by atoms with Crippen LogP contribution in [0.3, 0.4) is 0 Å². The number of carbonyl (C=O) groups excluding carboxylic acids is 1. The van der Waals surface area contributed by atoms with Crippen molar-refractivity contribution >= 4 is 22.7 Å². The number of rotatable bonds is 3. The number of nitrogens with zero attached hydrogens (tertiary/aromatic N) is 1. The van der Waals surface area contributed by atoms with Crippen LogP contribution in [-0.4, -0.2) is 5.78 Å². The summed E-state index contributed by atoms with van der Waals surface area (Å²) in [6.07, 6.45) is 4.78. The lowest BCUT2D eigenvalue weighted by Gasteiger charge is -2.20. The molecule has 1 atom stereocenters. The fourth-order valence-electron chi connectivity index (χ4n) is 3.07. The van der Waals surface area contributed by atoms with Gasteiger partial charge in [-0.05, 0) is 12.8 Å². The molecule has 2 nitrogen and oxygen atoms in total. The van der Waals surface area contributed by atoms with Crippen molar-refractivity contribution in [2.75, 3.05) is 0 Å². The molecule has 0 bridgehead atoms. The molecule has 0 saturated carbocycles. The van der Waals surface area contributed by atoms with E-state index in [1.807, 2.05) is 30.3 Å². The number of carbonyl (C=O) groups is 1. The maximum Gasteiger partial charge on any atom is 0.227 e. The molecular weight excluding hydrogens is 334 g/mol. The van der Waals surface area contributed by atoms with Crippen LogP contribution in [0.15, 0.2) is 41.9 Å². The van der Waals surface area contributed by atoms with E-state index in [2.05, 4.69) is 16.2 Å². The van der Waals surface area contributed by atoms with E-state index in [0.717, 1.165) is 5.56 Å². The van der Waals surface area contributed by atoms with E-state index in [1.165, 1.54) is 29.0 Å². The van der Waals surface area contributed by atoms with Gasteiger partial charge in [-0.15, -0.1) is 0 Å². The zero-order valence-corrected chi connectivity index (χ0v) is 13.3. The van der Waals surface area contributed by atoms with Crippen molar-refractivity contribution in [1.82, 2.24) is 0 Å². The Morgan fingerprint density at radius 2 is 2.10 bits per heavy atom. The van der Waals surface area contributed by atoms with Gasteiger partial charge in [0, 0.05) is 17.1 Å². The summed E-state index contributed by atoms with van der Waals surface area (Å²) in [4.78, 5) is 13.7. The van der Waals surface area contributed by atoms with Crippen LogP contribution < -0.4 is 21.5 Å². The number of halogens is 1. The zero-order chi connectivity index (χ0) is 12.8. The number of allylic oxidation sites excluding steroid dienone is 2. The van der Waals surface area contributed by atoms with Crippen LogP contribution in [-0.2, 0) is 6.54 Å². The molecule has 0 aliphatic heterocycles. The second-order valence-electron chi connectivity index (χ2n) is 5.14. The lowest BCUT2D eigenvalue weighted by atomic mass is 9.84. The number of thiazole rings is 1. The third kappa shape index (κ3) is 1.98. The summed E-state index contributed by atoms with van der Waals surface area (Å²) in [7, 11) is 0. The van der Waals surface area contributed by atoms with Gasteiger partial charge in [-0.1, -0.05) is 47.7 Å². The zero-order valence-electron chi connectivity index (χ0n) is 10.9. The Hall–Kier alpha value is -1.26. The third-order valence-electron chi connectivity index (χ3n) is 4.02. The highest BCUT2D eigenvalue weighted by Gasteiger charge is 2.44. The molecule has 2 aliphatic rings. The Labute approximate surface area is 132 Å². The van der Waals surface area contributed by atoms with Crippen molar-refractivity contribution < 1.29 is 26.3 Å². The number of fused-ring (bicyclic) bond motifs is 4.